The molecule has 1 aromatic carbocycles. The van der Waals surface area contributed by atoms with Gasteiger partial charge >= 0.3 is 12.2 Å². The van der Waals surface area contributed by atoms with Crippen molar-refractivity contribution in [2.45, 2.75) is 70.4 Å². The van der Waals surface area contributed by atoms with Crippen LogP contribution in [0.25, 0.3) is 0 Å². The van der Waals surface area contributed by atoms with Crippen LogP contribution >= 0.6 is 0 Å². The lowest BCUT2D eigenvalue weighted by Crippen LogP contribution is -2.52. The number of ether oxygens (including phenoxy) is 2. The Balaban J connectivity index is 1.79. The molecule has 0 spiro atoms. The molecule has 0 aliphatic heterocycles. The van der Waals surface area contributed by atoms with Crippen molar-refractivity contribution in [2.75, 3.05) is 0 Å². The van der Waals surface area contributed by atoms with Crippen LogP contribution < -0.4 is 10.6 Å². The second-order valence-electron chi connectivity index (χ2n) is 7.54. The van der Waals surface area contributed by atoms with Crippen LogP contribution in [0.4, 0.5) is 9.59 Å². The van der Waals surface area contributed by atoms with Gasteiger partial charge in [0.2, 0.25) is 0 Å². The third-order valence-corrected chi connectivity index (χ3v) is 4.05. The second kappa shape index (κ2) is 8.89. The number of aliphatic hydroxyl groups is 1. The summed E-state index contributed by atoms with van der Waals surface area (Å²) in [5.41, 5.74) is 0.300. The van der Waals surface area contributed by atoms with E-state index in [1.165, 1.54) is 0 Å². The highest BCUT2D eigenvalue weighted by atomic mass is 16.6. The van der Waals surface area contributed by atoms with E-state index in [2.05, 4.69) is 10.6 Å². The van der Waals surface area contributed by atoms with Crippen molar-refractivity contribution in [3.8, 4) is 0 Å². The van der Waals surface area contributed by atoms with E-state index in [1.54, 1.807) is 20.8 Å². The van der Waals surface area contributed by atoms with Gasteiger partial charge in [-0.05, 0) is 45.6 Å². The molecule has 1 saturated carbocycles. The zero-order valence-electron chi connectivity index (χ0n) is 15.5. The maximum atomic E-state index is 12.0. The number of carbonyl (C=O) groups excluding carboxylic acids is 2. The highest BCUT2D eigenvalue weighted by Crippen LogP contribution is 2.20. The van der Waals surface area contributed by atoms with E-state index in [-0.39, 0.29) is 12.6 Å². The van der Waals surface area contributed by atoms with Crippen LogP contribution in [0.2, 0.25) is 0 Å². The lowest BCUT2D eigenvalue weighted by atomic mass is 9.88. The number of alkyl carbamates (subject to hydrolysis) is 2. The van der Waals surface area contributed by atoms with Gasteiger partial charge in [0, 0.05) is 6.04 Å². The number of nitrogens with one attached hydrogen (secondary N) is 2. The molecule has 0 heterocycles. The standard InChI is InChI=1S/C19H28N2O5/c1-19(2,3)26-18(24)21-15-11-14(9-10-16(15)22)20-17(23)25-12-13-7-5-4-6-8-13/h4-8,14-16,22H,9-12H2,1-3H3,(H,20,23)(H,21,24). The van der Waals surface area contributed by atoms with Crippen molar-refractivity contribution in [3.05, 3.63) is 35.9 Å². The number of amides is 2. The molecule has 7 nitrogen and oxygen atoms in total. The topological polar surface area (TPSA) is 96.9 Å². The van der Waals surface area contributed by atoms with Gasteiger partial charge in [0.1, 0.15) is 12.2 Å². The number of hydrogen-bond acceptors (Lipinski definition) is 5. The third kappa shape index (κ3) is 6.92. The predicted octanol–water partition coefficient (Wildman–Crippen LogP) is 2.72. The number of aliphatic hydroxyl groups excluding tert-OH is 1. The Kier molecular flexibility index (Phi) is 6.85. The van der Waals surface area contributed by atoms with Crippen molar-refractivity contribution in [1.82, 2.24) is 10.6 Å². The number of rotatable bonds is 4. The fourth-order valence-electron chi connectivity index (χ4n) is 2.83. The summed E-state index contributed by atoms with van der Waals surface area (Å²) >= 11 is 0. The summed E-state index contributed by atoms with van der Waals surface area (Å²) in [5, 5.41) is 15.6. The van der Waals surface area contributed by atoms with E-state index in [0.29, 0.717) is 19.3 Å². The van der Waals surface area contributed by atoms with Crippen LogP contribution in [-0.4, -0.2) is 41.1 Å². The first-order valence-electron chi connectivity index (χ1n) is 8.88. The monoisotopic (exact) mass is 364 g/mol. The molecule has 1 aliphatic rings. The minimum atomic E-state index is -0.666. The molecule has 0 bridgehead atoms. The highest BCUT2D eigenvalue weighted by molar-refractivity contribution is 5.69. The Bertz CT molecular complexity index is 600. The summed E-state index contributed by atoms with van der Waals surface area (Å²) in [5.74, 6) is 0. The molecule has 1 aliphatic carbocycles. The zero-order chi connectivity index (χ0) is 19.2. The molecule has 144 valence electrons. The van der Waals surface area contributed by atoms with Gasteiger partial charge in [0.25, 0.3) is 0 Å². The van der Waals surface area contributed by atoms with E-state index >= 15 is 0 Å². The second-order valence-corrected chi connectivity index (χ2v) is 7.54. The Morgan fingerprint density at radius 2 is 1.81 bits per heavy atom. The number of hydrogen-bond donors (Lipinski definition) is 3. The predicted molar refractivity (Wildman–Crippen MR) is 96.6 cm³/mol. The van der Waals surface area contributed by atoms with Crippen LogP contribution in [-0.2, 0) is 16.1 Å². The molecule has 26 heavy (non-hydrogen) atoms. The van der Waals surface area contributed by atoms with Crippen LogP contribution in [0.15, 0.2) is 30.3 Å². The maximum Gasteiger partial charge on any atom is 0.407 e. The lowest BCUT2D eigenvalue weighted by molar-refractivity contribution is 0.0331. The summed E-state index contributed by atoms with van der Waals surface area (Å²) in [4.78, 5) is 23.9. The first-order valence-corrected chi connectivity index (χ1v) is 8.88. The first kappa shape index (κ1) is 20.0. The van der Waals surface area contributed by atoms with Crippen molar-refractivity contribution >= 4 is 12.2 Å². The molecule has 0 radical (unpaired) electrons. The van der Waals surface area contributed by atoms with Gasteiger partial charge in [-0.3, -0.25) is 0 Å². The van der Waals surface area contributed by atoms with Crippen LogP contribution in [0.1, 0.15) is 45.6 Å². The van der Waals surface area contributed by atoms with Gasteiger partial charge in [0.15, 0.2) is 0 Å². The Morgan fingerprint density at radius 3 is 2.46 bits per heavy atom. The number of benzene rings is 1. The van der Waals surface area contributed by atoms with Gasteiger partial charge < -0.3 is 25.2 Å². The highest BCUT2D eigenvalue weighted by Gasteiger charge is 2.32. The largest absolute Gasteiger partial charge is 0.445 e. The minimum Gasteiger partial charge on any atom is -0.445 e. The SMILES string of the molecule is CC(C)(C)OC(=O)NC1CC(NC(=O)OCc2ccccc2)CCC1O. The van der Waals surface area contributed by atoms with E-state index in [0.717, 1.165) is 5.56 Å². The van der Waals surface area contributed by atoms with Gasteiger partial charge in [-0.25, -0.2) is 9.59 Å². The third-order valence-electron chi connectivity index (χ3n) is 4.05. The molecule has 1 fully saturated rings. The number of carbonyl (C=O) groups is 2. The molecule has 3 atom stereocenters. The van der Waals surface area contributed by atoms with E-state index in [1.807, 2.05) is 30.3 Å². The van der Waals surface area contributed by atoms with Gasteiger partial charge in [-0.15, -0.1) is 0 Å². The molecule has 0 aromatic heterocycles. The Labute approximate surface area is 154 Å². The first-order chi connectivity index (χ1) is 12.2. The summed E-state index contributed by atoms with van der Waals surface area (Å²) in [7, 11) is 0. The van der Waals surface area contributed by atoms with Gasteiger partial charge in [-0.1, -0.05) is 30.3 Å². The van der Waals surface area contributed by atoms with Crippen molar-refractivity contribution in [3.63, 3.8) is 0 Å². The summed E-state index contributed by atoms with van der Waals surface area (Å²) in [6.45, 7) is 5.52. The van der Waals surface area contributed by atoms with Crippen molar-refractivity contribution < 1.29 is 24.2 Å². The zero-order valence-corrected chi connectivity index (χ0v) is 15.5. The van der Waals surface area contributed by atoms with Crippen molar-refractivity contribution in [2.24, 2.45) is 0 Å². The minimum absolute atomic E-state index is 0.179. The molecular weight excluding hydrogens is 336 g/mol. The van der Waals surface area contributed by atoms with E-state index < -0.39 is 29.9 Å². The van der Waals surface area contributed by atoms with Gasteiger partial charge in [0.05, 0.1) is 12.1 Å². The maximum absolute atomic E-state index is 12.0. The fourth-order valence-corrected chi connectivity index (χ4v) is 2.83. The van der Waals surface area contributed by atoms with E-state index in [9.17, 15) is 14.7 Å². The molecule has 0 saturated heterocycles. The Morgan fingerprint density at radius 1 is 1.12 bits per heavy atom. The quantitative estimate of drug-likeness (QED) is 0.763. The molecular formula is C19H28N2O5. The average Bonchev–Trinajstić information content (AvgIpc) is 2.55. The van der Waals surface area contributed by atoms with Crippen LogP contribution in [0, 0.1) is 0 Å². The molecule has 3 N–H and O–H groups in total. The molecule has 3 unspecified atom stereocenters. The fraction of sp³-hybridized carbons (Fsp3) is 0.579. The van der Waals surface area contributed by atoms with Crippen molar-refractivity contribution in [1.29, 1.82) is 0 Å². The lowest BCUT2D eigenvalue weighted by Gasteiger charge is -2.34. The van der Waals surface area contributed by atoms with Crippen LogP contribution in [0.5, 0.6) is 0 Å². The summed E-state index contributed by atoms with van der Waals surface area (Å²) in [6.07, 6.45) is -0.236. The van der Waals surface area contributed by atoms with Crippen LogP contribution in [0.3, 0.4) is 0 Å². The molecule has 1 aromatic rings. The molecule has 7 heteroatoms. The Hall–Kier alpha value is -2.28. The van der Waals surface area contributed by atoms with Gasteiger partial charge in [-0.2, -0.15) is 0 Å². The smallest absolute Gasteiger partial charge is 0.407 e. The molecule has 2 rings (SSSR count). The molecule has 2 amide bonds. The normalized spacial score (nSPS) is 23.0. The van der Waals surface area contributed by atoms with E-state index in [4.69, 9.17) is 9.47 Å². The summed E-state index contributed by atoms with van der Waals surface area (Å²) < 4.78 is 10.4. The average molecular weight is 364 g/mol. The summed E-state index contributed by atoms with van der Waals surface area (Å²) in [6, 6.07) is 8.77.